The zero-order chi connectivity index (χ0) is 11.9. The van der Waals surface area contributed by atoms with Gasteiger partial charge in [0.05, 0.1) is 0 Å². The molecule has 2 heteroatoms. The number of benzene rings is 2. The Morgan fingerprint density at radius 3 is 2.89 bits per heavy atom. The number of fused-ring (bicyclic) bond motifs is 4. The van der Waals surface area contributed by atoms with E-state index < -0.39 is 0 Å². The molecule has 4 rings (SSSR count). The SMILES string of the molecule is C1=CB2C=c3ccc4ccccc4c3=CN2C=C1. The molecule has 0 bridgehead atoms. The van der Waals surface area contributed by atoms with Gasteiger partial charge in [0.15, 0.2) is 0 Å². The lowest BCUT2D eigenvalue weighted by molar-refractivity contribution is 0.858. The predicted molar refractivity (Wildman–Crippen MR) is 78.0 cm³/mol. The summed E-state index contributed by atoms with van der Waals surface area (Å²) in [4.78, 5) is 2.26. The van der Waals surface area contributed by atoms with Crippen molar-refractivity contribution in [3.05, 3.63) is 71.2 Å². The molecule has 0 unspecified atom stereocenters. The lowest BCUT2D eigenvalue weighted by Crippen LogP contribution is -2.42. The van der Waals surface area contributed by atoms with Gasteiger partial charge in [0.25, 0.3) is 0 Å². The summed E-state index contributed by atoms with van der Waals surface area (Å²) >= 11 is 0. The fraction of sp³-hybridized carbons (Fsp3) is 0. The van der Waals surface area contributed by atoms with Crippen LogP contribution in [0, 0.1) is 0 Å². The highest BCUT2D eigenvalue weighted by atomic mass is 15.0. The molecule has 84 valence electrons. The summed E-state index contributed by atoms with van der Waals surface area (Å²) in [5, 5.41) is 5.28. The molecule has 1 nitrogen and oxygen atoms in total. The van der Waals surface area contributed by atoms with Gasteiger partial charge in [0, 0.05) is 5.22 Å². The van der Waals surface area contributed by atoms with Crippen LogP contribution in [0.1, 0.15) is 0 Å². The van der Waals surface area contributed by atoms with Gasteiger partial charge in [-0.3, -0.25) is 0 Å². The summed E-state index contributed by atoms with van der Waals surface area (Å²) in [7, 11) is 0. The second-order valence-corrected chi connectivity index (χ2v) is 4.75. The highest BCUT2D eigenvalue weighted by Gasteiger charge is 2.18. The van der Waals surface area contributed by atoms with Gasteiger partial charge in [0.2, 0.25) is 0 Å². The first-order valence-electron chi connectivity index (χ1n) is 6.26. The smallest absolute Gasteiger partial charge is 0.312 e. The van der Waals surface area contributed by atoms with E-state index >= 15 is 0 Å². The van der Waals surface area contributed by atoms with E-state index in [-0.39, 0.29) is 0 Å². The van der Waals surface area contributed by atoms with Crippen molar-refractivity contribution < 1.29 is 0 Å². The minimum absolute atomic E-state index is 0.365. The minimum Gasteiger partial charge on any atom is -0.389 e. The van der Waals surface area contributed by atoms with Gasteiger partial charge in [-0.05, 0) is 34.5 Å². The topological polar surface area (TPSA) is 3.24 Å². The summed E-state index contributed by atoms with van der Waals surface area (Å²) in [5.74, 6) is 4.54. The molecule has 2 aromatic rings. The van der Waals surface area contributed by atoms with Crippen molar-refractivity contribution in [2.24, 2.45) is 0 Å². The van der Waals surface area contributed by atoms with Gasteiger partial charge in [-0.25, -0.2) is 0 Å². The van der Waals surface area contributed by atoms with Gasteiger partial charge >= 0.3 is 6.85 Å². The van der Waals surface area contributed by atoms with E-state index in [2.05, 4.69) is 77.7 Å². The van der Waals surface area contributed by atoms with Gasteiger partial charge in [0.1, 0.15) is 0 Å². The Kier molecular flexibility index (Phi) is 1.98. The van der Waals surface area contributed by atoms with Crippen LogP contribution in [0.25, 0.3) is 22.9 Å². The molecule has 0 fully saturated rings. The molecule has 0 amide bonds. The third-order valence-electron chi connectivity index (χ3n) is 3.65. The maximum Gasteiger partial charge on any atom is 0.312 e. The Labute approximate surface area is 106 Å². The molecule has 0 atom stereocenters. The summed E-state index contributed by atoms with van der Waals surface area (Å²) in [6, 6.07) is 13.0. The van der Waals surface area contributed by atoms with E-state index in [4.69, 9.17) is 0 Å². The molecule has 2 aliphatic rings. The first-order valence-corrected chi connectivity index (χ1v) is 6.26. The van der Waals surface area contributed by atoms with E-state index in [9.17, 15) is 0 Å². The molecule has 0 saturated heterocycles. The monoisotopic (exact) mass is 229 g/mol. The third kappa shape index (κ3) is 1.35. The minimum atomic E-state index is 0.365. The second-order valence-electron chi connectivity index (χ2n) is 4.75. The molecular formula is C16H12BN. The highest BCUT2D eigenvalue weighted by Crippen LogP contribution is 2.12. The zero-order valence-corrected chi connectivity index (χ0v) is 9.95. The van der Waals surface area contributed by atoms with Crippen LogP contribution in [0.2, 0.25) is 0 Å². The number of hydrogen-bond acceptors (Lipinski definition) is 1. The Balaban J connectivity index is 2.11. The summed E-state index contributed by atoms with van der Waals surface area (Å²) in [6.07, 6.45) is 8.57. The predicted octanol–water partition coefficient (Wildman–Crippen LogP) is 1.83. The maximum atomic E-state index is 2.32. The van der Waals surface area contributed by atoms with Crippen LogP contribution >= 0.6 is 0 Å². The molecule has 0 saturated carbocycles. The molecule has 0 N–H and O–H groups in total. The fourth-order valence-corrected chi connectivity index (χ4v) is 2.73. The number of rotatable bonds is 0. The lowest BCUT2D eigenvalue weighted by atomic mass is 9.58. The number of allylic oxidation sites excluding steroid dienone is 2. The van der Waals surface area contributed by atoms with Gasteiger partial charge in [-0.2, -0.15) is 0 Å². The Morgan fingerprint density at radius 1 is 0.944 bits per heavy atom. The molecule has 0 spiro atoms. The first-order chi connectivity index (χ1) is 8.92. The summed E-state index contributed by atoms with van der Waals surface area (Å²) < 4.78 is 0. The molecule has 0 aromatic heterocycles. The van der Waals surface area contributed by atoms with Crippen molar-refractivity contribution in [1.82, 2.24) is 4.81 Å². The Morgan fingerprint density at radius 2 is 1.89 bits per heavy atom. The molecule has 0 aliphatic carbocycles. The summed E-state index contributed by atoms with van der Waals surface area (Å²) in [6.45, 7) is 0.365. The quantitative estimate of drug-likeness (QED) is 0.623. The maximum absolute atomic E-state index is 2.32. The van der Waals surface area contributed by atoms with Crippen LogP contribution in [0.15, 0.2) is 60.7 Å². The van der Waals surface area contributed by atoms with Crippen molar-refractivity contribution in [3.8, 4) is 0 Å². The first kappa shape index (κ1) is 9.78. The lowest BCUT2D eigenvalue weighted by Gasteiger charge is -2.24. The van der Waals surface area contributed by atoms with Crippen molar-refractivity contribution in [3.63, 3.8) is 0 Å². The Bertz CT molecular complexity index is 801. The van der Waals surface area contributed by atoms with Crippen LogP contribution in [0.5, 0.6) is 0 Å². The number of nitrogens with zero attached hydrogens (tertiary/aromatic N) is 1. The van der Waals surface area contributed by atoms with Gasteiger partial charge in [-0.15, -0.1) is 0 Å². The fourth-order valence-electron chi connectivity index (χ4n) is 2.73. The zero-order valence-electron chi connectivity index (χ0n) is 9.95. The highest BCUT2D eigenvalue weighted by molar-refractivity contribution is 6.76. The second kappa shape index (κ2) is 3.64. The van der Waals surface area contributed by atoms with Crippen LogP contribution in [0.4, 0.5) is 0 Å². The van der Waals surface area contributed by atoms with E-state index in [1.165, 1.54) is 21.2 Å². The van der Waals surface area contributed by atoms with Crippen molar-refractivity contribution in [2.45, 2.75) is 0 Å². The Hall–Kier alpha value is -2.22. The molecule has 0 radical (unpaired) electrons. The van der Waals surface area contributed by atoms with Crippen LogP contribution in [0.3, 0.4) is 0 Å². The molecule has 2 aliphatic heterocycles. The molecule has 18 heavy (non-hydrogen) atoms. The largest absolute Gasteiger partial charge is 0.389 e. The van der Waals surface area contributed by atoms with E-state index in [1.807, 2.05) is 0 Å². The van der Waals surface area contributed by atoms with Gasteiger partial charge in [-0.1, -0.05) is 54.4 Å². The van der Waals surface area contributed by atoms with Crippen LogP contribution < -0.4 is 10.4 Å². The van der Waals surface area contributed by atoms with Crippen molar-refractivity contribution in [1.29, 1.82) is 0 Å². The average Bonchev–Trinajstić information content (AvgIpc) is 2.45. The molecule has 2 heterocycles. The van der Waals surface area contributed by atoms with Crippen molar-refractivity contribution >= 4 is 29.8 Å². The summed E-state index contributed by atoms with van der Waals surface area (Å²) in [5.41, 5.74) is 0. The van der Waals surface area contributed by atoms with Gasteiger partial charge < -0.3 is 4.81 Å². The van der Waals surface area contributed by atoms with E-state index in [1.54, 1.807) is 0 Å². The van der Waals surface area contributed by atoms with E-state index in [0.717, 1.165) is 0 Å². The third-order valence-corrected chi connectivity index (χ3v) is 3.65. The van der Waals surface area contributed by atoms with Crippen molar-refractivity contribution in [2.75, 3.05) is 0 Å². The van der Waals surface area contributed by atoms with Crippen LogP contribution in [-0.2, 0) is 0 Å². The normalized spacial score (nSPS) is 16.0. The standard InChI is InChI=1S/C16H12BN/c1-2-6-15-13(5-1)7-8-14-11-17-9-3-4-10-18(17)12-16(14)15/h1-12H. The number of hydrogen-bond donors (Lipinski definition) is 0. The van der Waals surface area contributed by atoms with Crippen LogP contribution in [-0.4, -0.2) is 11.7 Å². The van der Waals surface area contributed by atoms with E-state index in [0.29, 0.717) is 6.85 Å². The molecular weight excluding hydrogens is 217 g/mol. The molecule has 2 aromatic carbocycles. The average molecular weight is 229 g/mol.